The molecule has 0 fully saturated rings. The number of hydrogen-bond donors (Lipinski definition) is 0. The Morgan fingerprint density at radius 2 is 1.26 bits per heavy atom. The lowest BCUT2D eigenvalue weighted by Gasteiger charge is -2.16. The van der Waals surface area contributed by atoms with Crippen molar-refractivity contribution in [3.8, 4) is 22.9 Å². The van der Waals surface area contributed by atoms with Gasteiger partial charge in [-0.05, 0) is 26.0 Å². The van der Waals surface area contributed by atoms with Crippen molar-refractivity contribution in [2.24, 2.45) is 0 Å². The summed E-state index contributed by atoms with van der Waals surface area (Å²) >= 11 is 0. The quantitative estimate of drug-likeness (QED) is 0.847. The number of nitrogens with zero attached hydrogens (tertiary/aromatic N) is 1. The van der Waals surface area contributed by atoms with Crippen LogP contribution in [-0.2, 0) is 0 Å². The van der Waals surface area contributed by atoms with Gasteiger partial charge in [-0.3, -0.25) is 0 Å². The molecule has 0 spiro atoms. The molecule has 0 saturated heterocycles. The lowest BCUT2D eigenvalue weighted by Crippen LogP contribution is -2.02. The van der Waals surface area contributed by atoms with Crippen molar-refractivity contribution < 1.29 is 14.2 Å². The molecule has 0 radical (unpaired) electrons. The second kappa shape index (κ2) is 5.26. The summed E-state index contributed by atoms with van der Waals surface area (Å²) in [6.45, 7) is 4.13. The third-order valence-electron chi connectivity index (χ3n) is 3.18. The van der Waals surface area contributed by atoms with E-state index in [9.17, 15) is 0 Å². The van der Waals surface area contributed by atoms with E-state index in [0.29, 0.717) is 17.2 Å². The van der Waals surface area contributed by atoms with Gasteiger partial charge in [0.25, 0.3) is 0 Å². The number of aryl methyl sites for hydroxylation is 2. The van der Waals surface area contributed by atoms with Gasteiger partial charge in [0.05, 0.1) is 27.0 Å². The molecule has 0 atom stereocenters. The first-order valence-electron chi connectivity index (χ1n) is 6.07. The molecule has 0 aliphatic heterocycles. The summed E-state index contributed by atoms with van der Waals surface area (Å²) in [5.74, 6) is 1.92. The Balaban J connectivity index is 2.66. The van der Waals surface area contributed by atoms with E-state index in [1.807, 2.05) is 12.1 Å². The highest BCUT2D eigenvalue weighted by molar-refractivity contribution is 5.59. The highest BCUT2D eigenvalue weighted by Crippen LogP contribution is 2.39. The van der Waals surface area contributed by atoms with Crippen molar-refractivity contribution in [3.05, 3.63) is 35.7 Å². The average Bonchev–Trinajstić information content (AvgIpc) is 2.76. The molecule has 1 heterocycles. The van der Waals surface area contributed by atoms with E-state index in [2.05, 4.69) is 30.5 Å². The monoisotopic (exact) mass is 261 g/mol. The van der Waals surface area contributed by atoms with Gasteiger partial charge in [0, 0.05) is 23.5 Å². The summed E-state index contributed by atoms with van der Waals surface area (Å²) in [4.78, 5) is 0. The predicted octanol–water partition coefficient (Wildman–Crippen LogP) is 3.12. The Hall–Kier alpha value is -2.10. The molecule has 0 bridgehead atoms. The van der Waals surface area contributed by atoms with E-state index in [-0.39, 0.29) is 0 Å². The normalized spacial score (nSPS) is 10.4. The van der Waals surface area contributed by atoms with E-state index < -0.39 is 0 Å². The molecule has 0 aliphatic rings. The summed E-state index contributed by atoms with van der Waals surface area (Å²) in [5.41, 5.74) is 3.31. The summed E-state index contributed by atoms with van der Waals surface area (Å²) in [7, 11) is 4.85. The maximum absolute atomic E-state index is 5.38. The lowest BCUT2D eigenvalue weighted by atomic mass is 10.2. The van der Waals surface area contributed by atoms with Gasteiger partial charge in [0.2, 0.25) is 5.75 Å². The van der Waals surface area contributed by atoms with Crippen molar-refractivity contribution in [3.63, 3.8) is 0 Å². The molecular weight excluding hydrogens is 242 g/mol. The van der Waals surface area contributed by atoms with Gasteiger partial charge in [0.1, 0.15) is 0 Å². The van der Waals surface area contributed by atoms with Crippen LogP contribution in [0.3, 0.4) is 0 Å². The van der Waals surface area contributed by atoms with E-state index in [0.717, 1.165) is 17.1 Å². The third-order valence-corrected chi connectivity index (χ3v) is 3.18. The van der Waals surface area contributed by atoms with Gasteiger partial charge in [-0.1, -0.05) is 0 Å². The minimum Gasteiger partial charge on any atom is -0.493 e. The molecule has 1 aromatic heterocycles. The van der Waals surface area contributed by atoms with Crippen LogP contribution in [0.25, 0.3) is 5.69 Å². The number of rotatable bonds is 4. The van der Waals surface area contributed by atoms with E-state index in [1.165, 1.54) is 0 Å². The highest BCUT2D eigenvalue weighted by atomic mass is 16.5. The van der Waals surface area contributed by atoms with Crippen LogP contribution in [0.5, 0.6) is 17.2 Å². The Bertz CT molecular complexity index is 543. The molecule has 4 heteroatoms. The topological polar surface area (TPSA) is 32.6 Å². The zero-order valence-corrected chi connectivity index (χ0v) is 12.0. The maximum Gasteiger partial charge on any atom is 0.203 e. The van der Waals surface area contributed by atoms with E-state index in [4.69, 9.17) is 14.2 Å². The standard InChI is InChI=1S/C15H19NO3/c1-10-6-7-11(2)16(10)12-8-13(17-3)15(19-5)14(9-12)18-4/h6-9H,1-5H3. The molecule has 0 amide bonds. The van der Waals surface area contributed by atoms with Crippen LogP contribution in [0.2, 0.25) is 0 Å². The summed E-state index contributed by atoms with van der Waals surface area (Å²) in [6, 6.07) is 8.06. The van der Waals surface area contributed by atoms with Crippen molar-refractivity contribution >= 4 is 0 Å². The molecule has 2 aromatic rings. The molecule has 4 nitrogen and oxygen atoms in total. The fourth-order valence-electron chi connectivity index (χ4n) is 2.27. The van der Waals surface area contributed by atoms with Crippen LogP contribution in [-0.4, -0.2) is 25.9 Å². The van der Waals surface area contributed by atoms with Gasteiger partial charge in [-0.15, -0.1) is 0 Å². The van der Waals surface area contributed by atoms with Crippen LogP contribution in [0.4, 0.5) is 0 Å². The summed E-state index contributed by atoms with van der Waals surface area (Å²) < 4.78 is 18.2. The van der Waals surface area contributed by atoms with Gasteiger partial charge < -0.3 is 18.8 Å². The Morgan fingerprint density at radius 3 is 1.63 bits per heavy atom. The van der Waals surface area contributed by atoms with Crippen molar-refractivity contribution in [1.82, 2.24) is 4.57 Å². The Morgan fingerprint density at radius 1 is 0.789 bits per heavy atom. The molecule has 19 heavy (non-hydrogen) atoms. The number of ether oxygens (including phenoxy) is 3. The smallest absolute Gasteiger partial charge is 0.203 e. The minimum atomic E-state index is 0.608. The first kappa shape index (κ1) is 13.3. The van der Waals surface area contributed by atoms with Crippen molar-refractivity contribution in [2.75, 3.05) is 21.3 Å². The van der Waals surface area contributed by atoms with Crippen molar-refractivity contribution in [2.45, 2.75) is 13.8 Å². The molecule has 0 N–H and O–H groups in total. The summed E-state index contributed by atoms with van der Waals surface area (Å²) in [6.07, 6.45) is 0. The van der Waals surface area contributed by atoms with Crippen LogP contribution < -0.4 is 14.2 Å². The fourth-order valence-corrected chi connectivity index (χ4v) is 2.27. The first-order valence-corrected chi connectivity index (χ1v) is 6.07. The largest absolute Gasteiger partial charge is 0.493 e. The van der Waals surface area contributed by atoms with Crippen LogP contribution in [0.15, 0.2) is 24.3 Å². The van der Waals surface area contributed by atoms with E-state index in [1.54, 1.807) is 21.3 Å². The van der Waals surface area contributed by atoms with Crippen LogP contribution >= 0.6 is 0 Å². The molecule has 2 rings (SSSR count). The molecule has 0 saturated carbocycles. The highest BCUT2D eigenvalue weighted by Gasteiger charge is 2.15. The van der Waals surface area contributed by atoms with Gasteiger partial charge in [-0.2, -0.15) is 0 Å². The second-order valence-electron chi connectivity index (χ2n) is 4.34. The zero-order chi connectivity index (χ0) is 14.0. The molecule has 0 unspecified atom stereocenters. The zero-order valence-electron chi connectivity index (χ0n) is 12.0. The first-order chi connectivity index (χ1) is 9.12. The second-order valence-corrected chi connectivity index (χ2v) is 4.34. The maximum atomic E-state index is 5.38. The number of benzene rings is 1. The Labute approximate surface area is 113 Å². The molecular formula is C15H19NO3. The predicted molar refractivity (Wildman–Crippen MR) is 74.9 cm³/mol. The minimum absolute atomic E-state index is 0.608. The lowest BCUT2D eigenvalue weighted by molar-refractivity contribution is 0.324. The van der Waals surface area contributed by atoms with Gasteiger partial charge in [-0.25, -0.2) is 0 Å². The number of methoxy groups -OCH3 is 3. The SMILES string of the molecule is COc1cc(-n2c(C)ccc2C)cc(OC)c1OC. The van der Waals surface area contributed by atoms with E-state index >= 15 is 0 Å². The van der Waals surface area contributed by atoms with Crippen molar-refractivity contribution in [1.29, 1.82) is 0 Å². The van der Waals surface area contributed by atoms with Gasteiger partial charge in [0.15, 0.2) is 11.5 Å². The Kier molecular flexibility index (Phi) is 3.69. The third kappa shape index (κ3) is 2.26. The van der Waals surface area contributed by atoms with Crippen LogP contribution in [0.1, 0.15) is 11.4 Å². The summed E-state index contributed by atoms with van der Waals surface area (Å²) in [5, 5.41) is 0. The number of aromatic nitrogens is 1. The fraction of sp³-hybridized carbons (Fsp3) is 0.333. The number of hydrogen-bond acceptors (Lipinski definition) is 3. The molecule has 1 aromatic carbocycles. The molecule has 0 aliphatic carbocycles. The van der Waals surface area contributed by atoms with Crippen LogP contribution in [0, 0.1) is 13.8 Å². The van der Waals surface area contributed by atoms with Gasteiger partial charge >= 0.3 is 0 Å². The molecule has 102 valence electrons. The average molecular weight is 261 g/mol.